The minimum Gasteiger partial charge on any atom is -0.427 e. The summed E-state index contributed by atoms with van der Waals surface area (Å²) in [6.45, 7) is 3.07. The third-order valence-electron chi connectivity index (χ3n) is 3.68. The predicted molar refractivity (Wildman–Crippen MR) is 83.2 cm³/mol. The van der Waals surface area contributed by atoms with Crippen molar-refractivity contribution < 1.29 is 23.2 Å². The maximum absolute atomic E-state index is 12.4. The lowest BCUT2D eigenvalue weighted by atomic mass is 10.1. The molecule has 1 amide bonds. The smallest absolute Gasteiger partial charge is 0.387 e. The monoisotopic (exact) mass is 343 g/mol. The summed E-state index contributed by atoms with van der Waals surface area (Å²) in [5.41, 5.74) is -0.475. The van der Waals surface area contributed by atoms with Crippen LogP contribution in [-0.2, 0) is 4.79 Å². The van der Waals surface area contributed by atoms with Crippen molar-refractivity contribution in [1.29, 1.82) is 0 Å². The maximum Gasteiger partial charge on any atom is 0.387 e. The number of carbonyl (C=O) groups is 1. The second-order valence-electron chi connectivity index (χ2n) is 6.54. The first-order valence-electron chi connectivity index (χ1n) is 7.38. The molecule has 24 heavy (non-hydrogen) atoms. The first-order chi connectivity index (χ1) is 11.1. The molecule has 9 heteroatoms. The number of amides is 1. The summed E-state index contributed by atoms with van der Waals surface area (Å²) in [6, 6.07) is 3.44. The summed E-state index contributed by atoms with van der Waals surface area (Å²) in [6.07, 6.45) is 0.263. The van der Waals surface area contributed by atoms with Crippen LogP contribution in [0.3, 0.4) is 0 Å². The summed E-state index contributed by atoms with van der Waals surface area (Å²) < 4.78 is 29.1. The number of carbonyl (C=O) groups excluding carboxylic acids is 1. The van der Waals surface area contributed by atoms with E-state index >= 15 is 0 Å². The molecule has 0 radical (unpaired) electrons. The first-order valence-corrected chi connectivity index (χ1v) is 7.38. The molecule has 0 bridgehead atoms. The second kappa shape index (κ2) is 6.58. The summed E-state index contributed by atoms with van der Waals surface area (Å²) >= 11 is 0. The topological polar surface area (TPSA) is 84.7 Å². The molecule has 2 rings (SSSR count). The zero-order valence-corrected chi connectivity index (χ0v) is 13.6. The second-order valence-corrected chi connectivity index (χ2v) is 6.54. The molecule has 1 aliphatic heterocycles. The van der Waals surface area contributed by atoms with Crippen LogP contribution in [0.4, 0.5) is 20.2 Å². The van der Waals surface area contributed by atoms with E-state index in [1.54, 1.807) is 4.90 Å². The van der Waals surface area contributed by atoms with Gasteiger partial charge in [-0.15, -0.1) is 0 Å². The summed E-state index contributed by atoms with van der Waals surface area (Å²) in [4.78, 5) is 23.9. The number of hydrogen-bond acceptors (Lipinski definition) is 5. The molecular formula is C15H19F2N3O4. The van der Waals surface area contributed by atoms with Gasteiger partial charge in [-0.25, -0.2) is 0 Å². The van der Waals surface area contributed by atoms with Gasteiger partial charge in [0, 0.05) is 36.3 Å². The zero-order chi connectivity index (χ0) is 18.1. The lowest BCUT2D eigenvalue weighted by Gasteiger charge is -2.32. The Labute approximate surface area is 137 Å². The third-order valence-corrected chi connectivity index (χ3v) is 3.68. The van der Waals surface area contributed by atoms with E-state index in [0.29, 0.717) is 12.2 Å². The zero-order valence-electron chi connectivity index (χ0n) is 13.6. The number of nitro benzene ring substituents is 1. The van der Waals surface area contributed by atoms with Gasteiger partial charge in [0.15, 0.2) is 0 Å². The SMILES string of the molecule is CC(C)(C)N1CC(Nc2ccc([N+](=O)[O-])c(OC(F)F)c2)CC1=O. The number of hydrogen-bond donors (Lipinski definition) is 1. The number of alkyl halides is 2. The van der Waals surface area contributed by atoms with Gasteiger partial charge in [0.05, 0.1) is 11.0 Å². The Morgan fingerprint density at radius 3 is 2.58 bits per heavy atom. The molecule has 0 aliphatic carbocycles. The highest BCUT2D eigenvalue weighted by molar-refractivity contribution is 5.80. The van der Waals surface area contributed by atoms with Gasteiger partial charge in [-0.1, -0.05) is 0 Å². The molecule has 7 nitrogen and oxygen atoms in total. The van der Waals surface area contributed by atoms with Crippen molar-refractivity contribution >= 4 is 17.3 Å². The fraction of sp³-hybridized carbons (Fsp3) is 0.533. The van der Waals surface area contributed by atoms with Crippen LogP contribution in [-0.4, -0.2) is 40.5 Å². The highest BCUT2D eigenvalue weighted by atomic mass is 19.3. The van der Waals surface area contributed by atoms with E-state index in [-0.39, 0.29) is 23.9 Å². The predicted octanol–water partition coefficient (Wildman–Crippen LogP) is 3.01. The fourth-order valence-corrected chi connectivity index (χ4v) is 2.63. The van der Waals surface area contributed by atoms with Gasteiger partial charge in [-0.05, 0) is 26.8 Å². The summed E-state index contributed by atoms with van der Waals surface area (Å²) in [7, 11) is 0. The molecule has 1 unspecified atom stereocenters. The molecule has 0 aromatic heterocycles. The molecule has 132 valence electrons. The Balaban J connectivity index is 2.16. The van der Waals surface area contributed by atoms with Crippen LogP contribution in [0.15, 0.2) is 18.2 Å². The minimum atomic E-state index is -3.16. The summed E-state index contributed by atoms with van der Waals surface area (Å²) in [5, 5.41) is 13.9. The van der Waals surface area contributed by atoms with E-state index in [2.05, 4.69) is 10.1 Å². The van der Waals surface area contributed by atoms with Crippen molar-refractivity contribution in [3.63, 3.8) is 0 Å². The van der Waals surface area contributed by atoms with Crippen LogP contribution < -0.4 is 10.1 Å². The highest BCUT2D eigenvalue weighted by Gasteiger charge is 2.36. The molecule has 1 aromatic carbocycles. The fourth-order valence-electron chi connectivity index (χ4n) is 2.63. The first kappa shape index (κ1) is 17.9. The van der Waals surface area contributed by atoms with Crippen molar-refractivity contribution in [1.82, 2.24) is 4.90 Å². The van der Waals surface area contributed by atoms with Crippen molar-refractivity contribution in [2.24, 2.45) is 0 Å². The average Bonchev–Trinajstić information content (AvgIpc) is 2.78. The van der Waals surface area contributed by atoms with Crippen LogP contribution in [0.5, 0.6) is 5.75 Å². The Morgan fingerprint density at radius 1 is 1.42 bits per heavy atom. The van der Waals surface area contributed by atoms with E-state index in [1.807, 2.05) is 20.8 Å². The lowest BCUT2D eigenvalue weighted by molar-refractivity contribution is -0.386. The number of rotatable bonds is 5. The normalized spacial score (nSPS) is 18.2. The molecular weight excluding hydrogens is 324 g/mol. The molecule has 0 spiro atoms. The number of likely N-dealkylation sites (tertiary alicyclic amines) is 1. The molecule has 1 N–H and O–H groups in total. The van der Waals surface area contributed by atoms with Gasteiger partial charge in [0.1, 0.15) is 0 Å². The van der Waals surface area contributed by atoms with Crippen LogP contribution in [0, 0.1) is 10.1 Å². The largest absolute Gasteiger partial charge is 0.427 e. The van der Waals surface area contributed by atoms with E-state index in [1.165, 1.54) is 6.07 Å². The Kier molecular flexibility index (Phi) is 4.91. The highest BCUT2D eigenvalue weighted by Crippen LogP contribution is 2.32. The van der Waals surface area contributed by atoms with Gasteiger partial charge in [-0.3, -0.25) is 14.9 Å². The number of nitrogens with one attached hydrogen (secondary N) is 1. The number of anilines is 1. The third kappa shape index (κ3) is 4.09. The Bertz CT molecular complexity index is 646. The molecule has 0 saturated carbocycles. The van der Waals surface area contributed by atoms with Crippen LogP contribution in [0.2, 0.25) is 0 Å². The number of nitro groups is 1. The Morgan fingerprint density at radius 2 is 2.08 bits per heavy atom. The quantitative estimate of drug-likeness (QED) is 0.656. The minimum absolute atomic E-state index is 0.00837. The average molecular weight is 343 g/mol. The molecule has 1 heterocycles. The number of ether oxygens (including phenoxy) is 1. The van der Waals surface area contributed by atoms with E-state index in [0.717, 1.165) is 12.1 Å². The van der Waals surface area contributed by atoms with E-state index < -0.39 is 23.0 Å². The van der Waals surface area contributed by atoms with Gasteiger partial charge in [0.25, 0.3) is 0 Å². The van der Waals surface area contributed by atoms with Crippen LogP contribution in [0.25, 0.3) is 0 Å². The van der Waals surface area contributed by atoms with E-state index in [9.17, 15) is 23.7 Å². The van der Waals surface area contributed by atoms with Gasteiger partial charge in [0.2, 0.25) is 11.7 Å². The van der Waals surface area contributed by atoms with Crippen LogP contribution in [0.1, 0.15) is 27.2 Å². The van der Waals surface area contributed by atoms with Crippen molar-refractivity contribution in [3.8, 4) is 5.75 Å². The molecule has 1 fully saturated rings. The van der Waals surface area contributed by atoms with Crippen molar-refractivity contribution in [2.75, 3.05) is 11.9 Å². The van der Waals surface area contributed by atoms with Crippen LogP contribution >= 0.6 is 0 Å². The summed E-state index contributed by atoms with van der Waals surface area (Å²) in [5.74, 6) is -0.525. The number of nitrogens with zero attached hydrogens (tertiary/aromatic N) is 2. The molecule has 1 saturated heterocycles. The Hall–Kier alpha value is -2.45. The van der Waals surface area contributed by atoms with Crippen molar-refractivity contribution in [2.45, 2.75) is 45.4 Å². The van der Waals surface area contributed by atoms with Gasteiger partial charge in [-0.2, -0.15) is 8.78 Å². The van der Waals surface area contributed by atoms with Crippen molar-refractivity contribution in [3.05, 3.63) is 28.3 Å². The molecule has 1 aliphatic rings. The molecule has 1 atom stereocenters. The van der Waals surface area contributed by atoms with E-state index in [4.69, 9.17) is 0 Å². The number of halogens is 2. The van der Waals surface area contributed by atoms with Gasteiger partial charge >= 0.3 is 12.3 Å². The standard InChI is InChI=1S/C15H19F2N3O4/c1-15(2,3)19-8-10(7-13(19)21)18-9-4-5-11(20(22)23)12(6-9)24-14(16)17/h4-6,10,14,18H,7-8H2,1-3H3. The molecule has 1 aromatic rings. The van der Waals surface area contributed by atoms with Gasteiger partial charge < -0.3 is 15.0 Å². The maximum atomic E-state index is 12.4. The lowest BCUT2D eigenvalue weighted by Crippen LogP contribution is -2.43. The number of benzene rings is 1.